The van der Waals surface area contributed by atoms with Gasteiger partial charge in [-0.1, -0.05) is 30.3 Å². The monoisotopic (exact) mass is 593 g/mol. The Labute approximate surface area is 241 Å². The van der Waals surface area contributed by atoms with Gasteiger partial charge in [-0.15, -0.1) is 0 Å². The topological polar surface area (TPSA) is 130 Å². The highest BCUT2D eigenvalue weighted by atomic mass is 32.2. The van der Waals surface area contributed by atoms with Crippen molar-refractivity contribution in [2.75, 3.05) is 25.0 Å². The number of rotatable bonds is 7. The van der Waals surface area contributed by atoms with Crippen molar-refractivity contribution in [3.8, 4) is 5.75 Å². The normalized spacial score (nSPS) is 16.9. The van der Waals surface area contributed by atoms with Gasteiger partial charge < -0.3 is 14.4 Å². The minimum absolute atomic E-state index is 0.0363. The fraction of sp³-hybridized carbons (Fsp3) is 0.241. The van der Waals surface area contributed by atoms with Gasteiger partial charge in [0, 0.05) is 31.3 Å². The van der Waals surface area contributed by atoms with E-state index in [4.69, 9.17) is 4.18 Å². The zero-order chi connectivity index (χ0) is 29.1. The SMILES string of the molecule is CC(=O)Nc1ccc(S(=O)(=O)Oc2ccc3ccccc3c2/C=C2\SC(=O)N(CC(=O)N3CCCCC3)C2=O)cc1. The molecule has 0 saturated carbocycles. The number of likely N-dealkylation sites (tertiary alicyclic amines) is 1. The number of fused-ring (bicyclic) bond motifs is 1. The lowest BCUT2D eigenvalue weighted by Crippen LogP contribution is -2.44. The number of nitrogens with one attached hydrogen (secondary N) is 1. The summed E-state index contributed by atoms with van der Waals surface area (Å²) in [5.41, 5.74) is 0.728. The third-order valence-electron chi connectivity index (χ3n) is 6.74. The largest absolute Gasteiger partial charge is 0.378 e. The number of nitrogens with zero attached hydrogens (tertiary/aromatic N) is 2. The zero-order valence-electron chi connectivity index (χ0n) is 22.2. The third kappa shape index (κ3) is 6.28. The van der Waals surface area contributed by atoms with E-state index in [0.717, 1.165) is 29.5 Å². The van der Waals surface area contributed by atoms with Gasteiger partial charge in [-0.2, -0.15) is 8.42 Å². The van der Waals surface area contributed by atoms with Crippen LogP contribution in [0.15, 0.2) is 70.5 Å². The average molecular weight is 594 g/mol. The van der Waals surface area contributed by atoms with Crippen LogP contribution in [-0.2, 0) is 24.5 Å². The molecule has 2 fully saturated rings. The molecule has 212 valence electrons. The third-order valence-corrected chi connectivity index (χ3v) is 8.90. The van der Waals surface area contributed by atoms with E-state index in [-0.39, 0.29) is 33.9 Å². The maximum absolute atomic E-state index is 13.3. The van der Waals surface area contributed by atoms with Crippen molar-refractivity contribution < 1.29 is 31.8 Å². The Bertz CT molecular complexity index is 1680. The fourth-order valence-corrected chi connectivity index (χ4v) is 6.49. The minimum Gasteiger partial charge on any atom is -0.378 e. The van der Waals surface area contributed by atoms with Gasteiger partial charge in [-0.3, -0.25) is 24.1 Å². The fourth-order valence-electron chi connectivity index (χ4n) is 4.72. The summed E-state index contributed by atoms with van der Waals surface area (Å²) in [6.45, 7) is 2.21. The minimum atomic E-state index is -4.31. The molecule has 4 amide bonds. The van der Waals surface area contributed by atoms with Crippen LogP contribution in [-0.4, -0.2) is 60.8 Å². The van der Waals surface area contributed by atoms with Crippen LogP contribution in [0.1, 0.15) is 31.7 Å². The molecule has 0 atom stereocenters. The Morgan fingerprint density at radius 1 is 0.976 bits per heavy atom. The molecule has 3 aromatic carbocycles. The Morgan fingerprint density at radius 2 is 1.68 bits per heavy atom. The number of carbonyl (C=O) groups is 4. The number of amides is 4. The summed E-state index contributed by atoms with van der Waals surface area (Å²) in [6, 6.07) is 15.9. The molecule has 0 radical (unpaired) electrons. The number of anilines is 1. The lowest BCUT2D eigenvalue weighted by Gasteiger charge is -2.27. The summed E-state index contributed by atoms with van der Waals surface area (Å²) in [6.07, 6.45) is 4.25. The standard InChI is InChI=1S/C29H27N3O7S2/c1-19(33)30-21-10-12-22(13-11-21)41(37,38)39-25-14-9-20-7-3-4-8-23(20)24(25)17-26-28(35)32(29(36)40-26)18-27(34)31-15-5-2-6-16-31/h3-4,7-14,17H,2,5-6,15-16,18H2,1H3,(H,30,33)/b26-17-. The van der Waals surface area contributed by atoms with Crippen molar-refractivity contribution in [1.82, 2.24) is 9.80 Å². The molecule has 5 rings (SSSR count). The Kier molecular flexibility index (Phi) is 8.13. The van der Waals surface area contributed by atoms with E-state index in [9.17, 15) is 27.6 Å². The van der Waals surface area contributed by atoms with Crippen LogP contribution in [0.4, 0.5) is 10.5 Å². The molecule has 2 heterocycles. The zero-order valence-corrected chi connectivity index (χ0v) is 23.8. The number of piperidine rings is 1. The molecule has 3 aromatic rings. The summed E-state index contributed by atoms with van der Waals surface area (Å²) in [7, 11) is -4.31. The van der Waals surface area contributed by atoms with Crippen LogP contribution in [0.2, 0.25) is 0 Å². The van der Waals surface area contributed by atoms with Crippen LogP contribution >= 0.6 is 11.8 Å². The van der Waals surface area contributed by atoms with E-state index in [0.29, 0.717) is 41.5 Å². The number of benzene rings is 3. The molecule has 2 aliphatic heterocycles. The summed E-state index contributed by atoms with van der Waals surface area (Å²) >= 11 is 0.692. The van der Waals surface area contributed by atoms with Gasteiger partial charge in [0.2, 0.25) is 11.8 Å². The van der Waals surface area contributed by atoms with Crippen molar-refractivity contribution in [3.63, 3.8) is 0 Å². The second kappa shape index (κ2) is 11.8. The maximum Gasteiger partial charge on any atom is 0.339 e. The van der Waals surface area contributed by atoms with Crippen LogP contribution in [0.25, 0.3) is 16.8 Å². The quantitative estimate of drug-likeness (QED) is 0.310. The molecule has 0 unspecified atom stereocenters. The molecular weight excluding hydrogens is 566 g/mol. The summed E-state index contributed by atoms with van der Waals surface area (Å²) < 4.78 is 31.9. The number of carbonyl (C=O) groups excluding carboxylic acids is 4. The van der Waals surface area contributed by atoms with Crippen LogP contribution < -0.4 is 9.50 Å². The van der Waals surface area contributed by atoms with Crippen molar-refractivity contribution >= 4 is 67.4 Å². The molecular formula is C29H27N3O7S2. The molecule has 0 aliphatic carbocycles. The van der Waals surface area contributed by atoms with E-state index >= 15 is 0 Å². The van der Waals surface area contributed by atoms with Crippen molar-refractivity contribution in [2.24, 2.45) is 0 Å². The second-order valence-electron chi connectivity index (χ2n) is 9.65. The molecule has 2 aliphatic rings. The smallest absolute Gasteiger partial charge is 0.339 e. The van der Waals surface area contributed by atoms with Crippen LogP contribution in [0.3, 0.4) is 0 Å². The molecule has 41 heavy (non-hydrogen) atoms. The van der Waals surface area contributed by atoms with E-state index in [2.05, 4.69) is 5.32 Å². The van der Waals surface area contributed by atoms with Crippen molar-refractivity contribution in [1.29, 1.82) is 0 Å². The first-order chi connectivity index (χ1) is 19.6. The highest BCUT2D eigenvalue weighted by molar-refractivity contribution is 8.18. The van der Waals surface area contributed by atoms with Crippen molar-refractivity contribution in [3.05, 3.63) is 71.1 Å². The van der Waals surface area contributed by atoms with Gasteiger partial charge in [-0.25, -0.2) is 0 Å². The van der Waals surface area contributed by atoms with Gasteiger partial charge in [0.15, 0.2) is 5.75 Å². The first kappa shape index (κ1) is 28.4. The molecule has 0 bridgehead atoms. The van der Waals surface area contributed by atoms with Crippen LogP contribution in [0, 0.1) is 0 Å². The molecule has 1 N–H and O–H groups in total. The van der Waals surface area contributed by atoms with E-state index < -0.39 is 21.3 Å². The summed E-state index contributed by atoms with van der Waals surface area (Å²) in [4.78, 5) is 52.6. The lowest BCUT2D eigenvalue weighted by molar-refractivity contribution is -0.136. The molecule has 0 spiro atoms. The van der Waals surface area contributed by atoms with E-state index in [1.54, 1.807) is 23.1 Å². The van der Waals surface area contributed by atoms with Crippen LogP contribution in [0.5, 0.6) is 5.75 Å². The molecule has 10 nitrogen and oxygen atoms in total. The number of thioether (sulfide) groups is 1. The average Bonchev–Trinajstić information content (AvgIpc) is 3.21. The predicted molar refractivity (Wildman–Crippen MR) is 156 cm³/mol. The van der Waals surface area contributed by atoms with Gasteiger partial charge in [0.1, 0.15) is 11.4 Å². The number of imide groups is 1. The maximum atomic E-state index is 13.3. The van der Waals surface area contributed by atoms with Gasteiger partial charge in [-0.05, 0) is 78.2 Å². The van der Waals surface area contributed by atoms with Gasteiger partial charge in [0.25, 0.3) is 11.1 Å². The Morgan fingerprint density at radius 3 is 2.39 bits per heavy atom. The number of hydrogen-bond acceptors (Lipinski definition) is 8. The molecule has 12 heteroatoms. The second-order valence-corrected chi connectivity index (χ2v) is 12.2. The molecule has 2 saturated heterocycles. The van der Waals surface area contributed by atoms with Gasteiger partial charge in [0.05, 0.1) is 4.91 Å². The Hall–Kier alpha value is -4.16. The summed E-state index contributed by atoms with van der Waals surface area (Å²) in [5, 5.41) is 3.38. The predicted octanol–water partition coefficient (Wildman–Crippen LogP) is 4.61. The highest BCUT2D eigenvalue weighted by Crippen LogP contribution is 2.37. The first-order valence-electron chi connectivity index (χ1n) is 13.0. The van der Waals surface area contributed by atoms with Crippen molar-refractivity contribution in [2.45, 2.75) is 31.1 Å². The number of hydrogen-bond donors (Lipinski definition) is 1. The van der Waals surface area contributed by atoms with E-state index in [1.165, 1.54) is 43.3 Å². The Balaban J connectivity index is 1.45. The first-order valence-corrected chi connectivity index (χ1v) is 15.2. The highest BCUT2D eigenvalue weighted by Gasteiger charge is 2.37. The lowest BCUT2D eigenvalue weighted by atomic mass is 10.0. The molecule has 0 aromatic heterocycles. The van der Waals surface area contributed by atoms with E-state index in [1.807, 2.05) is 12.1 Å². The summed E-state index contributed by atoms with van der Waals surface area (Å²) in [5.74, 6) is -1.23. The van der Waals surface area contributed by atoms with Gasteiger partial charge >= 0.3 is 10.1 Å².